The second kappa shape index (κ2) is 11.4. The summed E-state index contributed by atoms with van der Waals surface area (Å²) in [7, 11) is 0. The molecular formula is C29H30N4O3. The van der Waals surface area contributed by atoms with E-state index in [-0.39, 0.29) is 24.0 Å². The van der Waals surface area contributed by atoms with Crippen LogP contribution in [-0.4, -0.2) is 22.0 Å². The fraction of sp³-hybridized carbons (Fsp3) is 0.207. The molecule has 0 aliphatic carbocycles. The monoisotopic (exact) mass is 482 g/mol. The summed E-state index contributed by atoms with van der Waals surface area (Å²) in [6, 6.07) is 28.3. The fourth-order valence-corrected chi connectivity index (χ4v) is 4.33. The van der Waals surface area contributed by atoms with Crippen LogP contribution in [-0.2, 0) is 11.3 Å². The van der Waals surface area contributed by atoms with Gasteiger partial charge in [0.25, 0.3) is 5.56 Å². The van der Waals surface area contributed by atoms with Gasteiger partial charge in [-0.1, -0.05) is 104 Å². The topological polar surface area (TPSA) is 101 Å². The number of carbonyl (C=O) groups excluding carboxylic acids is 1. The number of hydrogen-bond acceptors (Lipinski definition) is 4. The largest absolute Gasteiger partial charge is 0.383 e. The van der Waals surface area contributed by atoms with E-state index in [2.05, 4.69) is 4.98 Å². The molecule has 4 aromatic rings. The van der Waals surface area contributed by atoms with Gasteiger partial charge in [-0.2, -0.15) is 0 Å². The molecule has 0 fully saturated rings. The number of anilines is 2. The molecule has 1 amide bonds. The number of amides is 1. The summed E-state index contributed by atoms with van der Waals surface area (Å²) < 4.78 is 1.30. The maximum Gasteiger partial charge on any atom is 0.330 e. The lowest BCUT2D eigenvalue weighted by Crippen LogP contribution is -2.43. The Morgan fingerprint density at radius 1 is 0.889 bits per heavy atom. The van der Waals surface area contributed by atoms with Gasteiger partial charge in [-0.05, 0) is 23.1 Å². The van der Waals surface area contributed by atoms with E-state index >= 15 is 0 Å². The summed E-state index contributed by atoms with van der Waals surface area (Å²) in [6.45, 7) is 2.48. The third kappa shape index (κ3) is 5.30. The predicted molar refractivity (Wildman–Crippen MR) is 143 cm³/mol. The van der Waals surface area contributed by atoms with Gasteiger partial charge in [0, 0.05) is 6.54 Å². The highest BCUT2D eigenvalue weighted by atomic mass is 16.2. The van der Waals surface area contributed by atoms with Gasteiger partial charge in [0.05, 0.1) is 12.5 Å². The Hall–Kier alpha value is -4.39. The first-order valence-corrected chi connectivity index (χ1v) is 12.1. The van der Waals surface area contributed by atoms with E-state index < -0.39 is 17.2 Å². The van der Waals surface area contributed by atoms with Gasteiger partial charge in [0.15, 0.2) is 5.69 Å². The Kier molecular flexibility index (Phi) is 7.80. The summed E-state index contributed by atoms with van der Waals surface area (Å²) in [5.74, 6) is -0.947. The average Bonchev–Trinajstić information content (AvgIpc) is 2.90. The number of unbranched alkanes of at least 4 members (excludes halogenated alkanes) is 1. The molecule has 1 heterocycles. The zero-order chi connectivity index (χ0) is 25.5. The van der Waals surface area contributed by atoms with E-state index in [1.54, 1.807) is 0 Å². The minimum atomic E-state index is -0.675. The van der Waals surface area contributed by atoms with E-state index in [1.807, 2.05) is 97.9 Å². The molecule has 36 heavy (non-hydrogen) atoms. The maximum absolute atomic E-state index is 14.2. The van der Waals surface area contributed by atoms with Crippen LogP contribution in [0.25, 0.3) is 0 Å². The summed E-state index contributed by atoms with van der Waals surface area (Å²) in [5.41, 5.74) is 7.65. The number of aromatic amines is 1. The number of nitrogens with zero attached hydrogens (tertiary/aromatic N) is 2. The summed E-state index contributed by atoms with van der Waals surface area (Å²) in [4.78, 5) is 43.9. The van der Waals surface area contributed by atoms with Crippen molar-refractivity contribution in [2.75, 3.05) is 17.2 Å². The molecule has 0 saturated carbocycles. The molecular weight excluding hydrogens is 452 g/mol. The lowest BCUT2D eigenvalue weighted by Gasteiger charge is -2.29. The molecule has 0 saturated heterocycles. The Morgan fingerprint density at radius 3 is 1.94 bits per heavy atom. The number of benzene rings is 3. The van der Waals surface area contributed by atoms with E-state index in [0.29, 0.717) is 13.0 Å². The number of nitrogen functional groups attached to an aromatic ring is 1. The predicted octanol–water partition coefficient (Wildman–Crippen LogP) is 4.13. The van der Waals surface area contributed by atoms with Gasteiger partial charge in [-0.15, -0.1) is 0 Å². The van der Waals surface area contributed by atoms with Crippen molar-refractivity contribution in [3.8, 4) is 0 Å². The molecule has 184 valence electrons. The molecule has 0 spiro atoms. The fourth-order valence-electron chi connectivity index (χ4n) is 4.33. The smallest absolute Gasteiger partial charge is 0.330 e. The van der Waals surface area contributed by atoms with Crippen LogP contribution in [0.15, 0.2) is 101 Å². The number of aromatic nitrogens is 2. The highest BCUT2D eigenvalue weighted by Gasteiger charge is 2.31. The van der Waals surface area contributed by atoms with Crippen molar-refractivity contribution < 1.29 is 4.79 Å². The van der Waals surface area contributed by atoms with Crippen molar-refractivity contribution >= 4 is 17.4 Å². The Balaban J connectivity index is 1.85. The van der Waals surface area contributed by atoms with Crippen LogP contribution in [0.4, 0.5) is 11.5 Å². The first-order valence-electron chi connectivity index (χ1n) is 12.1. The first kappa shape index (κ1) is 24.7. The van der Waals surface area contributed by atoms with Crippen molar-refractivity contribution in [2.24, 2.45) is 0 Å². The zero-order valence-corrected chi connectivity index (χ0v) is 20.3. The van der Waals surface area contributed by atoms with Gasteiger partial charge in [0.1, 0.15) is 5.82 Å². The molecule has 0 unspecified atom stereocenters. The van der Waals surface area contributed by atoms with E-state index in [1.165, 1.54) is 9.47 Å². The molecule has 0 aliphatic heterocycles. The van der Waals surface area contributed by atoms with Crippen LogP contribution in [0.5, 0.6) is 0 Å². The Labute approximate surface area is 209 Å². The minimum Gasteiger partial charge on any atom is -0.383 e. The second-order valence-electron chi connectivity index (χ2n) is 8.66. The lowest BCUT2D eigenvalue weighted by atomic mass is 9.89. The third-order valence-corrected chi connectivity index (χ3v) is 6.18. The number of nitrogens with two attached hydrogens (primary N) is 1. The highest BCUT2D eigenvalue weighted by molar-refractivity contribution is 6.01. The zero-order valence-electron chi connectivity index (χ0n) is 20.3. The molecule has 3 aromatic carbocycles. The van der Waals surface area contributed by atoms with Gasteiger partial charge in [-0.3, -0.25) is 19.1 Å². The molecule has 1 aromatic heterocycles. The Bertz CT molecular complexity index is 1370. The standard InChI is InChI=1S/C29H30N4O3/c1-2-3-19-32(28(35)24(22-15-9-5-10-16-22)23-17-11-6-12-18-23)25-26(30)33(29(36)31-27(25)34)20-21-13-7-4-8-14-21/h4-18,24H,2-3,19-20,30H2,1H3,(H,31,34,36). The van der Waals surface area contributed by atoms with E-state index in [9.17, 15) is 14.4 Å². The normalized spacial score (nSPS) is 10.9. The van der Waals surface area contributed by atoms with Gasteiger partial charge >= 0.3 is 5.69 Å². The van der Waals surface area contributed by atoms with Crippen molar-refractivity contribution in [1.29, 1.82) is 0 Å². The molecule has 7 heteroatoms. The van der Waals surface area contributed by atoms with Crippen LogP contribution in [0.2, 0.25) is 0 Å². The molecule has 0 atom stereocenters. The molecule has 0 radical (unpaired) electrons. The maximum atomic E-state index is 14.2. The van der Waals surface area contributed by atoms with Crippen LogP contribution in [0.1, 0.15) is 42.4 Å². The summed E-state index contributed by atoms with van der Waals surface area (Å²) >= 11 is 0. The molecule has 0 aliphatic rings. The number of rotatable bonds is 9. The number of carbonyl (C=O) groups is 1. The van der Waals surface area contributed by atoms with Crippen molar-refractivity contribution in [1.82, 2.24) is 9.55 Å². The van der Waals surface area contributed by atoms with Gasteiger partial charge in [0.2, 0.25) is 5.91 Å². The van der Waals surface area contributed by atoms with E-state index in [4.69, 9.17) is 5.73 Å². The molecule has 7 nitrogen and oxygen atoms in total. The molecule has 3 N–H and O–H groups in total. The van der Waals surface area contributed by atoms with Crippen molar-refractivity contribution in [2.45, 2.75) is 32.2 Å². The number of H-pyrrole nitrogens is 1. The lowest BCUT2D eigenvalue weighted by molar-refractivity contribution is -0.119. The van der Waals surface area contributed by atoms with Crippen LogP contribution in [0, 0.1) is 0 Å². The highest BCUT2D eigenvalue weighted by Crippen LogP contribution is 2.30. The van der Waals surface area contributed by atoms with Crippen LogP contribution in [0.3, 0.4) is 0 Å². The SMILES string of the molecule is CCCCN(C(=O)C(c1ccccc1)c1ccccc1)c1c(N)n(Cc2ccccc2)c(=O)[nH]c1=O. The number of nitrogens with one attached hydrogen (secondary N) is 1. The average molecular weight is 483 g/mol. The number of hydrogen-bond donors (Lipinski definition) is 2. The van der Waals surface area contributed by atoms with E-state index in [0.717, 1.165) is 23.1 Å². The second-order valence-corrected chi connectivity index (χ2v) is 8.66. The van der Waals surface area contributed by atoms with Gasteiger partial charge in [-0.25, -0.2) is 4.79 Å². The Morgan fingerprint density at radius 2 is 1.42 bits per heavy atom. The summed E-state index contributed by atoms with van der Waals surface area (Å²) in [6.07, 6.45) is 1.48. The molecule has 0 bridgehead atoms. The molecule has 4 rings (SSSR count). The first-order chi connectivity index (χ1) is 17.5. The van der Waals surface area contributed by atoms with Crippen LogP contribution >= 0.6 is 0 Å². The van der Waals surface area contributed by atoms with Crippen molar-refractivity contribution in [3.63, 3.8) is 0 Å². The third-order valence-electron chi connectivity index (χ3n) is 6.18. The quantitative estimate of drug-likeness (QED) is 0.374. The van der Waals surface area contributed by atoms with Crippen molar-refractivity contribution in [3.05, 3.63) is 129 Å². The summed E-state index contributed by atoms with van der Waals surface area (Å²) in [5, 5.41) is 0. The van der Waals surface area contributed by atoms with Crippen LogP contribution < -0.4 is 21.9 Å². The van der Waals surface area contributed by atoms with Gasteiger partial charge < -0.3 is 10.6 Å². The minimum absolute atomic E-state index is 0.000781.